The van der Waals surface area contributed by atoms with E-state index in [1.165, 1.54) is 63.7 Å². The number of hydrogen-bond donors (Lipinski definition) is 1. The van der Waals surface area contributed by atoms with E-state index in [2.05, 4.69) is 47.5 Å². The van der Waals surface area contributed by atoms with Crippen LogP contribution in [0.3, 0.4) is 0 Å². The van der Waals surface area contributed by atoms with Crippen LogP contribution in [0.5, 0.6) is 0 Å². The number of nitrogens with one attached hydrogen (secondary N) is 1. The van der Waals surface area contributed by atoms with Gasteiger partial charge in [0.25, 0.3) is 0 Å². The molecule has 1 saturated carbocycles. The van der Waals surface area contributed by atoms with Gasteiger partial charge in [0.2, 0.25) is 0 Å². The summed E-state index contributed by atoms with van der Waals surface area (Å²) in [4.78, 5) is 2.77. The van der Waals surface area contributed by atoms with Crippen LogP contribution in [0.1, 0.15) is 56.9 Å². The first-order valence-corrected chi connectivity index (χ1v) is 8.85. The molecular weight excluding hydrogens is 256 g/mol. The molecule has 0 radical (unpaired) electrons. The number of rotatable bonds is 7. The van der Waals surface area contributed by atoms with E-state index >= 15 is 0 Å². The van der Waals surface area contributed by atoms with Gasteiger partial charge in [-0.2, -0.15) is 0 Å². The minimum absolute atomic E-state index is 0.673. The smallest absolute Gasteiger partial charge is 0.0195 e. The van der Waals surface area contributed by atoms with Gasteiger partial charge in [-0.25, -0.2) is 0 Å². The molecule has 2 nitrogen and oxygen atoms in total. The third-order valence-electron chi connectivity index (χ3n) is 5.15. The average Bonchev–Trinajstić information content (AvgIpc) is 3.38. The predicted molar refractivity (Wildman–Crippen MR) is 89.7 cm³/mol. The van der Waals surface area contributed by atoms with Gasteiger partial charge in [-0.15, -0.1) is 0 Å². The Morgan fingerprint density at radius 1 is 1.14 bits per heavy atom. The Morgan fingerprint density at radius 2 is 1.95 bits per heavy atom. The molecule has 2 atom stereocenters. The van der Waals surface area contributed by atoms with Crippen LogP contribution < -0.4 is 5.32 Å². The molecule has 2 unspecified atom stereocenters. The van der Waals surface area contributed by atoms with Crippen molar-refractivity contribution in [2.24, 2.45) is 0 Å². The van der Waals surface area contributed by atoms with Crippen molar-refractivity contribution in [2.45, 2.75) is 63.5 Å². The van der Waals surface area contributed by atoms with Crippen LogP contribution in [0.15, 0.2) is 30.3 Å². The van der Waals surface area contributed by atoms with Crippen LogP contribution in [0.4, 0.5) is 0 Å². The van der Waals surface area contributed by atoms with E-state index in [-0.39, 0.29) is 0 Å². The Hall–Kier alpha value is -0.860. The van der Waals surface area contributed by atoms with Crippen molar-refractivity contribution < 1.29 is 0 Å². The van der Waals surface area contributed by atoms with Crippen LogP contribution in [-0.4, -0.2) is 36.6 Å². The summed E-state index contributed by atoms with van der Waals surface area (Å²) in [5.74, 6) is 0.673. The van der Waals surface area contributed by atoms with E-state index in [1.54, 1.807) is 0 Å². The summed E-state index contributed by atoms with van der Waals surface area (Å²) in [6, 6.07) is 12.6. The zero-order valence-electron chi connectivity index (χ0n) is 13.4. The zero-order valence-corrected chi connectivity index (χ0v) is 13.4. The SMILES string of the molecule is CC(CCN(CC1CCCCN1)C1CC1)c1ccccc1. The minimum Gasteiger partial charge on any atom is -0.313 e. The maximum Gasteiger partial charge on any atom is 0.0195 e. The van der Waals surface area contributed by atoms with E-state index in [9.17, 15) is 0 Å². The lowest BCUT2D eigenvalue weighted by Gasteiger charge is -2.31. The van der Waals surface area contributed by atoms with Gasteiger partial charge in [0.05, 0.1) is 0 Å². The van der Waals surface area contributed by atoms with Crippen LogP contribution >= 0.6 is 0 Å². The Balaban J connectivity index is 1.48. The molecule has 2 aliphatic rings. The van der Waals surface area contributed by atoms with E-state index < -0.39 is 0 Å². The van der Waals surface area contributed by atoms with Gasteiger partial charge in [-0.1, -0.05) is 43.7 Å². The van der Waals surface area contributed by atoms with E-state index in [0.717, 1.165) is 12.1 Å². The fourth-order valence-electron chi connectivity index (χ4n) is 3.53. The third kappa shape index (κ3) is 4.55. The molecule has 116 valence electrons. The molecule has 3 rings (SSSR count). The van der Waals surface area contributed by atoms with Gasteiger partial charge in [0.1, 0.15) is 0 Å². The normalized spacial score (nSPS) is 24.2. The van der Waals surface area contributed by atoms with Gasteiger partial charge >= 0.3 is 0 Å². The van der Waals surface area contributed by atoms with Crippen LogP contribution in [0.25, 0.3) is 0 Å². The lowest BCUT2D eigenvalue weighted by atomic mass is 9.97. The Kier molecular flexibility index (Phi) is 5.32. The highest BCUT2D eigenvalue weighted by molar-refractivity contribution is 5.18. The maximum atomic E-state index is 3.71. The fourth-order valence-corrected chi connectivity index (χ4v) is 3.53. The summed E-state index contributed by atoms with van der Waals surface area (Å²) < 4.78 is 0. The first kappa shape index (κ1) is 15.1. The molecule has 0 spiro atoms. The second-order valence-electron chi connectivity index (χ2n) is 6.97. The quantitative estimate of drug-likeness (QED) is 0.820. The lowest BCUT2D eigenvalue weighted by molar-refractivity contribution is 0.210. The van der Waals surface area contributed by atoms with Gasteiger partial charge in [0.15, 0.2) is 0 Å². The maximum absolute atomic E-state index is 3.71. The number of hydrogen-bond acceptors (Lipinski definition) is 2. The Morgan fingerprint density at radius 3 is 2.62 bits per heavy atom. The Labute approximate surface area is 129 Å². The number of benzene rings is 1. The first-order chi connectivity index (χ1) is 10.3. The zero-order chi connectivity index (χ0) is 14.5. The molecule has 1 heterocycles. The molecule has 21 heavy (non-hydrogen) atoms. The molecule has 1 saturated heterocycles. The molecule has 1 aromatic rings. The summed E-state index contributed by atoms with van der Waals surface area (Å²) in [6.45, 7) is 6.13. The third-order valence-corrected chi connectivity index (χ3v) is 5.15. The first-order valence-electron chi connectivity index (χ1n) is 8.85. The van der Waals surface area contributed by atoms with Crippen molar-refractivity contribution in [1.82, 2.24) is 10.2 Å². The standard InChI is InChI=1S/C19H30N2/c1-16(17-7-3-2-4-8-17)12-14-21(19-10-11-19)15-18-9-5-6-13-20-18/h2-4,7-8,16,18-20H,5-6,9-15H2,1H3. The largest absolute Gasteiger partial charge is 0.313 e. The summed E-state index contributed by atoms with van der Waals surface area (Å²) in [5, 5.41) is 3.71. The summed E-state index contributed by atoms with van der Waals surface area (Å²) in [6.07, 6.45) is 8.28. The molecule has 0 amide bonds. The minimum atomic E-state index is 0.673. The molecule has 0 aromatic heterocycles. The fraction of sp³-hybridized carbons (Fsp3) is 0.684. The second-order valence-corrected chi connectivity index (χ2v) is 6.97. The molecule has 1 aromatic carbocycles. The van der Waals surface area contributed by atoms with Crippen molar-refractivity contribution in [3.63, 3.8) is 0 Å². The number of piperidine rings is 1. The predicted octanol–water partition coefficient (Wildman–Crippen LogP) is 3.79. The van der Waals surface area contributed by atoms with E-state index in [4.69, 9.17) is 0 Å². The van der Waals surface area contributed by atoms with Crippen molar-refractivity contribution >= 4 is 0 Å². The van der Waals surface area contributed by atoms with Gasteiger partial charge in [-0.05, 0) is 56.7 Å². The van der Waals surface area contributed by atoms with E-state index in [0.29, 0.717) is 5.92 Å². The summed E-state index contributed by atoms with van der Waals surface area (Å²) in [7, 11) is 0. The number of nitrogens with zero attached hydrogens (tertiary/aromatic N) is 1. The molecule has 1 aliphatic heterocycles. The molecule has 1 aliphatic carbocycles. The highest BCUT2D eigenvalue weighted by Crippen LogP contribution is 2.29. The average molecular weight is 286 g/mol. The van der Waals surface area contributed by atoms with Gasteiger partial charge in [0, 0.05) is 18.6 Å². The topological polar surface area (TPSA) is 15.3 Å². The van der Waals surface area contributed by atoms with Crippen molar-refractivity contribution in [3.05, 3.63) is 35.9 Å². The van der Waals surface area contributed by atoms with Crippen LogP contribution in [0, 0.1) is 0 Å². The molecule has 0 bridgehead atoms. The van der Waals surface area contributed by atoms with Crippen molar-refractivity contribution in [2.75, 3.05) is 19.6 Å². The molecule has 2 fully saturated rings. The van der Waals surface area contributed by atoms with Gasteiger partial charge in [-0.3, -0.25) is 4.90 Å². The van der Waals surface area contributed by atoms with Crippen LogP contribution in [0.2, 0.25) is 0 Å². The van der Waals surface area contributed by atoms with E-state index in [1.807, 2.05) is 0 Å². The second kappa shape index (κ2) is 7.42. The summed E-state index contributed by atoms with van der Waals surface area (Å²) in [5.41, 5.74) is 1.49. The van der Waals surface area contributed by atoms with Crippen LogP contribution in [-0.2, 0) is 0 Å². The molecule has 2 heteroatoms. The van der Waals surface area contributed by atoms with Gasteiger partial charge < -0.3 is 5.32 Å². The summed E-state index contributed by atoms with van der Waals surface area (Å²) >= 11 is 0. The highest BCUT2D eigenvalue weighted by atomic mass is 15.2. The van der Waals surface area contributed by atoms with Crippen molar-refractivity contribution in [1.29, 1.82) is 0 Å². The Bertz CT molecular complexity index is 407. The molecular formula is C19H30N2. The highest BCUT2D eigenvalue weighted by Gasteiger charge is 2.30. The lowest BCUT2D eigenvalue weighted by Crippen LogP contribution is -2.44. The monoisotopic (exact) mass is 286 g/mol. The van der Waals surface area contributed by atoms with Crippen molar-refractivity contribution in [3.8, 4) is 0 Å². The molecule has 1 N–H and O–H groups in total.